The maximum Gasteiger partial charge on any atom is 0.242 e. The summed E-state index contributed by atoms with van der Waals surface area (Å²) >= 11 is 0. The van der Waals surface area contributed by atoms with Gasteiger partial charge in [0.2, 0.25) is 10.0 Å². The van der Waals surface area contributed by atoms with Crippen LogP contribution < -0.4 is 15.4 Å². The van der Waals surface area contributed by atoms with Crippen LogP contribution in [0.3, 0.4) is 0 Å². The van der Waals surface area contributed by atoms with Crippen LogP contribution in [0.25, 0.3) is 0 Å². The van der Waals surface area contributed by atoms with Crippen molar-refractivity contribution in [2.45, 2.75) is 38.6 Å². The zero-order chi connectivity index (χ0) is 17.3. The Morgan fingerprint density at radius 2 is 2.04 bits per heavy atom. The van der Waals surface area contributed by atoms with Crippen LogP contribution in [0, 0.1) is 5.92 Å². The summed E-state index contributed by atoms with van der Waals surface area (Å²) in [6.07, 6.45) is 2.86. The van der Waals surface area contributed by atoms with Crippen molar-refractivity contribution in [1.29, 1.82) is 0 Å². The van der Waals surface area contributed by atoms with E-state index in [0.29, 0.717) is 18.4 Å². The summed E-state index contributed by atoms with van der Waals surface area (Å²) in [6.45, 7) is 9.65. The van der Waals surface area contributed by atoms with E-state index in [1.807, 2.05) is 6.92 Å². The number of hydrogen-bond acceptors (Lipinski definition) is 4. The predicted octanol–water partition coefficient (Wildman–Crippen LogP) is 1.58. The van der Waals surface area contributed by atoms with Gasteiger partial charge in [0.1, 0.15) is 4.90 Å². The number of sulfonamides is 1. The number of guanidine groups is 1. The molecular formula is C15H28IN5O2S. The Morgan fingerprint density at radius 3 is 2.58 bits per heavy atom. The van der Waals surface area contributed by atoms with Crippen LogP contribution in [0.2, 0.25) is 0 Å². The fourth-order valence-corrected chi connectivity index (χ4v) is 2.62. The molecule has 0 aliphatic carbocycles. The zero-order valence-electron chi connectivity index (χ0n) is 14.6. The molecule has 0 saturated carbocycles. The van der Waals surface area contributed by atoms with Gasteiger partial charge in [0.05, 0.1) is 6.54 Å². The third-order valence-electron chi connectivity index (χ3n) is 3.33. The summed E-state index contributed by atoms with van der Waals surface area (Å²) in [7, 11) is -3.53. The molecule has 1 atom stereocenters. The van der Waals surface area contributed by atoms with E-state index in [-0.39, 0.29) is 41.5 Å². The highest BCUT2D eigenvalue weighted by molar-refractivity contribution is 14.0. The standard InChI is InChI=1S/C15H27N5O2S.HI/c1-5-17-15(20-13(4)12(2)3)18-9-10-19-23(21,22)14-7-6-8-16-11-14;/h6-8,11-13,19H,5,9-10H2,1-4H3,(H2,17,18,20);1H. The molecule has 9 heteroatoms. The first-order valence-electron chi connectivity index (χ1n) is 7.81. The van der Waals surface area contributed by atoms with Crippen molar-refractivity contribution >= 4 is 40.0 Å². The van der Waals surface area contributed by atoms with Crippen LogP contribution in [0.5, 0.6) is 0 Å². The van der Waals surface area contributed by atoms with Gasteiger partial charge in [0.25, 0.3) is 0 Å². The Morgan fingerprint density at radius 1 is 1.33 bits per heavy atom. The lowest BCUT2D eigenvalue weighted by Gasteiger charge is -2.20. The average molecular weight is 469 g/mol. The summed E-state index contributed by atoms with van der Waals surface area (Å²) in [5.74, 6) is 1.16. The van der Waals surface area contributed by atoms with E-state index in [1.54, 1.807) is 6.07 Å². The monoisotopic (exact) mass is 469 g/mol. The lowest BCUT2D eigenvalue weighted by atomic mass is 10.1. The van der Waals surface area contributed by atoms with Crippen LogP contribution in [0.4, 0.5) is 0 Å². The number of aliphatic imine (C=N–C) groups is 1. The van der Waals surface area contributed by atoms with Gasteiger partial charge in [0, 0.05) is 31.5 Å². The van der Waals surface area contributed by atoms with Gasteiger partial charge in [-0.25, -0.2) is 13.1 Å². The predicted molar refractivity (Wildman–Crippen MR) is 108 cm³/mol. The largest absolute Gasteiger partial charge is 0.357 e. The molecule has 138 valence electrons. The lowest BCUT2D eigenvalue weighted by molar-refractivity contribution is 0.481. The van der Waals surface area contributed by atoms with Crippen LogP contribution in [0.15, 0.2) is 34.4 Å². The SMILES string of the molecule is CCNC(=NCCNS(=O)(=O)c1cccnc1)NC(C)C(C)C.I. The highest BCUT2D eigenvalue weighted by Crippen LogP contribution is 2.04. The van der Waals surface area contributed by atoms with Gasteiger partial charge in [-0.15, -0.1) is 24.0 Å². The molecule has 0 aliphatic rings. The van der Waals surface area contributed by atoms with Crippen molar-refractivity contribution in [3.63, 3.8) is 0 Å². The van der Waals surface area contributed by atoms with Crippen LogP contribution in [0.1, 0.15) is 27.7 Å². The maximum atomic E-state index is 12.0. The summed E-state index contributed by atoms with van der Waals surface area (Å²) < 4.78 is 26.6. The summed E-state index contributed by atoms with van der Waals surface area (Å²) in [4.78, 5) is 8.35. The fourth-order valence-electron chi connectivity index (χ4n) is 1.64. The summed E-state index contributed by atoms with van der Waals surface area (Å²) in [5.41, 5.74) is 0. The second-order valence-electron chi connectivity index (χ2n) is 5.52. The minimum absolute atomic E-state index is 0. The molecule has 0 radical (unpaired) electrons. The van der Waals surface area contributed by atoms with E-state index in [2.05, 4.69) is 46.1 Å². The second-order valence-corrected chi connectivity index (χ2v) is 7.29. The van der Waals surface area contributed by atoms with Gasteiger partial charge in [0.15, 0.2) is 5.96 Å². The number of pyridine rings is 1. The molecule has 1 aromatic rings. The minimum Gasteiger partial charge on any atom is -0.357 e. The normalized spacial score (nSPS) is 13.3. The smallest absolute Gasteiger partial charge is 0.242 e. The van der Waals surface area contributed by atoms with E-state index in [4.69, 9.17) is 0 Å². The first-order valence-corrected chi connectivity index (χ1v) is 9.29. The molecule has 7 nitrogen and oxygen atoms in total. The quantitative estimate of drug-likeness (QED) is 0.233. The molecule has 0 spiro atoms. The number of halogens is 1. The van der Waals surface area contributed by atoms with Gasteiger partial charge in [-0.3, -0.25) is 9.98 Å². The molecule has 0 fully saturated rings. The molecule has 3 N–H and O–H groups in total. The Bertz CT molecular complexity index is 593. The maximum absolute atomic E-state index is 12.0. The third kappa shape index (κ3) is 8.25. The zero-order valence-corrected chi connectivity index (χ0v) is 17.8. The Hall–Kier alpha value is -0.940. The molecule has 1 heterocycles. The number of rotatable bonds is 8. The average Bonchev–Trinajstić information content (AvgIpc) is 2.52. The van der Waals surface area contributed by atoms with Gasteiger partial charge in [-0.05, 0) is 31.9 Å². The van der Waals surface area contributed by atoms with Gasteiger partial charge in [-0.1, -0.05) is 13.8 Å². The van der Waals surface area contributed by atoms with Crippen molar-refractivity contribution in [3.8, 4) is 0 Å². The number of nitrogens with zero attached hydrogens (tertiary/aromatic N) is 2. The fraction of sp³-hybridized carbons (Fsp3) is 0.600. The molecule has 1 aromatic heterocycles. The Kier molecular flexibility index (Phi) is 11.1. The topological polar surface area (TPSA) is 95.5 Å². The summed E-state index contributed by atoms with van der Waals surface area (Å²) in [6, 6.07) is 3.38. The number of nitrogens with one attached hydrogen (secondary N) is 3. The van der Waals surface area contributed by atoms with E-state index in [1.165, 1.54) is 18.5 Å². The van der Waals surface area contributed by atoms with E-state index >= 15 is 0 Å². The number of hydrogen-bond donors (Lipinski definition) is 3. The first-order chi connectivity index (χ1) is 10.9. The van der Waals surface area contributed by atoms with Crippen molar-refractivity contribution in [2.24, 2.45) is 10.9 Å². The molecule has 0 amide bonds. The van der Waals surface area contributed by atoms with Crippen LogP contribution >= 0.6 is 24.0 Å². The van der Waals surface area contributed by atoms with Gasteiger partial charge >= 0.3 is 0 Å². The molecule has 1 unspecified atom stereocenters. The number of aromatic nitrogens is 1. The van der Waals surface area contributed by atoms with E-state index in [0.717, 1.165) is 6.54 Å². The molecule has 0 aliphatic heterocycles. The van der Waals surface area contributed by atoms with Crippen molar-refractivity contribution in [3.05, 3.63) is 24.5 Å². The van der Waals surface area contributed by atoms with Gasteiger partial charge < -0.3 is 10.6 Å². The molecule has 0 saturated heterocycles. The molecular weight excluding hydrogens is 441 g/mol. The Balaban J connectivity index is 0.00000529. The minimum atomic E-state index is -3.53. The van der Waals surface area contributed by atoms with Gasteiger partial charge in [-0.2, -0.15) is 0 Å². The second kappa shape index (κ2) is 11.6. The van der Waals surface area contributed by atoms with Crippen molar-refractivity contribution in [2.75, 3.05) is 19.6 Å². The highest BCUT2D eigenvalue weighted by Gasteiger charge is 2.13. The van der Waals surface area contributed by atoms with E-state index in [9.17, 15) is 8.42 Å². The molecule has 24 heavy (non-hydrogen) atoms. The van der Waals surface area contributed by atoms with Crippen molar-refractivity contribution in [1.82, 2.24) is 20.3 Å². The first kappa shape index (κ1) is 23.1. The summed E-state index contributed by atoms with van der Waals surface area (Å²) in [5, 5.41) is 6.45. The third-order valence-corrected chi connectivity index (χ3v) is 4.77. The van der Waals surface area contributed by atoms with E-state index < -0.39 is 10.0 Å². The Labute approximate surface area is 162 Å². The molecule has 0 bridgehead atoms. The van der Waals surface area contributed by atoms with Crippen LogP contribution in [-0.4, -0.2) is 45.0 Å². The van der Waals surface area contributed by atoms with Crippen LogP contribution in [-0.2, 0) is 10.0 Å². The van der Waals surface area contributed by atoms with Crippen molar-refractivity contribution < 1.29 is 8.42 Å². The molecule has 0 aromatic carbocycles. The lowest BCUT2D eigenvalue weighted by Crippen LogP contribution is -2.44. The highest BCUT2D eigenvalue weighted by atomic mass is 127. The molecule has 1 rings (SSSR count).